The molecule has 1 aromatic rings. The lowest BCUT2D eigenvalue weighted by molar-refractivity contribution is -0.116. The predicted molar refractivity (Wildman–Crippen MR) is 78.2 cm³/mol. The first-order valence-corrected chi connectivity index (χ1v) is 7.22. The molecule has 3 nitrogen and oxygen atoms in total. The van der Waals surface area contributed by atoms with Crippen LogP contribution in [0.1, 0.15) is 24.8 Å². The van der Waals surface area contributed by atoms with Crippen molar-refractivity contribution in [3.8, 4) is 0 Å². The SMILES string of the molecule is Cc1cc(Br)c(NC(=O)CCNC2CC2)cc1Cl. The van der Waals surface area contributed by atoms with Crippen molar-refractivity contribution in [2.24, 2.45) is 0 Å². The van der Waals surface area contributed by atoms with Crippen LogP contribution in [0.15, 0.2) is 16.6 Å². The number of carbonyl (C=O) groups excluding carboxylic acids is 1. The van der Waals surface area contributed by atoms with Gasteiger partial charge in [0.2, 0.25) is 5.91 Å². The number of benzene rings is 1. The van der Waals surface area contributed by atoms with Crippen molar-refractivity contribution in [2.75, 3.05) is 11.9 Å². The maximum Gasteiger partial charge on any atom is 0.225 e. The molecule has 1 fully saturated rings. The fraction of sp³-hybridized carbons (Fsp3) is 0.462. The third-order valence-corrected chi connectivity index (χ3v) is 3.95. The molecule has 98 valence electrons. The Morgan fingerprint density at radius 3 is 2.89 bits per heavy atom. The van der Waals surface area contributed by atoms with Crippen LogP contribution in [-0.4, -0.2) is 18.5 Å². The molecule has 1 aliphatic rings. The quantitative estimate of drug-likeness (QED) is 0.867. The van der Waals surface area contributed by atoms with Gasteiger partial charge >= 0.3 is 0 Å². The van der Waals surface area contributed by atoms with Gasteiger partial charge in [0.25, 0.3) is 0 Å². The van der Waals surface area contributed by atoms with Crippen molar-refractivity contribution in [2.45, 2.75) is 32.2 Å². The molecule has 0 bridgehead atoms. The number of halogens is 2. The Hall–Kier alpha value is -0.580. The minimum Gasteiger partial charge on any atom is -0.325 e. The standard InChI is InChI=1S/C13H16BrClN2O/c1-8-6-10(14)12(7-11(8)15)17-13(18)4-5-16-9-2-3-9/h6-7,9,16H,2-5H2,1H3,(H,17,18). The Bertz CT molecular complexity index is 461. The number of rotatable bonds is 5. The molecule has 0 aliphatic heterocycles. The molecule has 1 amide bonds. The Morgan fingerprint density at radius 2 is 2.22 bits per heavy atom. The molecule has 18 heavy (non-hydrogen) atoms. The monoisotopic (exact) mass is 330 g/mol. The molecule has 1 aliphatic carbocycles. The van der Waals surface area contributed by atoms with Crippen molar-refractivity contribution in [3.05, 3.63) is 27.2 Å². The van der Waals surface area contributed by atoms with E-state index in [4.69, 9.17) is 11.6 Å². The summed E-state index contributed by atoms with van der Waals surface area (Å²) in [6.07, 6.45) is 2.95. The Balaban J connectivity index is 1.87. The summed E-state index contributed by atoms with van der Waals surface area (Å²) in [4.78, 5) is 11.7. The van der Waals surface area contributed by atoms with E-state index in [1.54, 1.807) is 6.07 Å². The number of amides is 1. The van der Waals surface area contributed by atoms with E-state index in [0.29, 0.717) is 17.5 Å². The van der Waals surface area contributed by atoms with Crippen molar-refractivity contribution < 1.29 is 4.79 Å². The van der Waals surface area contributed by atoms with Gasteiger partial charge in [-0.15, -0.1) is 0 Å². The minimum absolute atomic E-state index is 0.00349. The molecule has 0 spiro atoms. The highest BCUT2D eigenvalue weighted by Crippen LogP contribution is 2.29. The molecule has 2 N–H and O–H groups in total. The average molecular weight is 332 g/mol. The smallest absolute Gasteiger partial charge is 0.225 e. The lowest BCUT2D eigenvalue weighted by atomic mass is 10.2. The summed E-state index contributed by atoms with van der Waals surface area (Å²) in [5.41, 5.74) is 1.71. The number of carbonyl (C=O) groups is 1. The summed E-state index contributed by atoms with van der Waals surface area (Å²) >= 11 is 9.46. The molecule has 0 unspecified atom stereocenters. The van der Waals surface area contributed by atoms with Gasteiger partial charge in [-0.3, -0.25) is 4.79 Å². The zero-order valence-corrected chi connectivity index (χ0v) is 12.6. The number of hydrogen-bond donors (Lipinski definition) is 2. The van der Waals surface area contributed by atoms with Gasteiger partial charge in [-0.1, -0.05) is 11.6 Å². The maximum absolute atomic E-state index is 11.7. The van der Waals surface area contributed by atoms with Crippen LogP contribution in [0, 0.1) is 6.92 Å². The number of anilines is 1. The molecule has 0 heterocycles. The summed E-state index contributed by atoms with van der Waals surface area (Å²) in [7, 11) is 0. The maximum atomic E-state index is 11.7. The topological polar surface area (TPSA) is 41.1 Å². The van der Waals surface area contributed by atoms with Crippen LogP contribution in [0.4, 0.5) is 5.69 Å². The van der Waals surface area contributed by atoms with E-state index in [1.165, 1.54) is 12.8 Å². The molecule has 0 radical (unpaired) electrons. The van der Waals surface area contributed by atoms with Crippen LogP contribution in [0.2, 0.25) is 5.02 Å². The molecular formula is C13H16BrClN2O. The highest BCUT2D eigenvalue weighted by atomic mass is 79.9. The average Bonchev–Trinajstić information content (AvgIpc) is 3.10. The molecule has 1 saturated carbocycles. The largest absolute Gasteiger partial charge is 0.325 e. The van der Waals surface area contributed by atoms with Crippen LogP contribution < -0.4 is 10.6 Å². The third kappa shape index (κ3) is 3.97. The molecule has 1 aromatic carbocycles. The van der Waals surface area contributed by atoms with Crippen molar-refractivity contribution in [1.29, 1.82) is 0 Å². The zero-order valence-electron chi connectivity index (χ0n) is 10.2. The van der Waals surface area contributed by atoms with E-state index in [2.05, 4.69) is 26.6 Å². The first-order valence-electron chi connectivity index (χ1n) is 6.05. The first-order chi connectivity index (χ1) is 8.56. The lowest BCUT2D eigenvalue weighted by Gasteiger charge is -2.09. The molecule has 2 rings (SSSR count). The van der Waals surface area contributed by atoms with Gasteiger partial charge in [-0.05, 0) is 53.4 Å². The van der Waals surface area contributed by atoms with E-state index in [9.17, 15) is 4.79 Å². The summed E-state index contributed by atoms with van der Waals surface area (Å²) in [6, 6.07) is 4.31. The van der Waals surface area contributed by atoms with E-state index in [-0.39, 0.29) is 5.91 Å². The van der Waals surface area contributed by atoms with Crippen LogP contribution in [0.5, 0.6) is 0 Å². The van der Waals surface area contributed by atoms with Gasteiger partial charge in [0.05, 0.1) is 5.69 Å². The molecule has 0 atom stereocenters. The van der Waals surface area contributed by atoms with E-state index >= 15 is 0 Å². The normalized spacial score (nSPS) is 14.6. The fourth-order valence-corrected chi connectivity index (χ4v) is 2.35. The van der Waals surface area contributed by atoms with Crippen LogP contribution >= 0.6 is 27.5 Å². The highest BCUT2D eigenvalue weighted by molar-refractivity contribution is 9.10. The Labute approximate surface area is 120 Å². The van der Waals surface area contributed by atoms with Crippen LogP contribution in [0.25, 0.3) is 0 Å². The van der Waals surface area contributed by atoms with Crippen LogP contribution in [0.3, 0.4) is 0 Å². The second-order valence-corrected chi connectivity index (χ2v) is 5.87. The van der Waals surface area contributed by atoms with Gasteiger partial charge in [0, 0.05) is 28.5 Å². The Kier molecular flexibility index (Phi) is 4.65. The van der Waals surface area contributed by atoms with E-state index < -0.39 is 0 Å². The van der Waals surface area contributed by atoms with Crippen molar-refractivity contribution in [3.63, 3.8) is 0 Å². The lowest BCUT2D eigenvalue weighted by Crippen LogP contribution is -2.23. The van der Waals surface area contributed by atoms with Crippen molar-refractivity contribution >= 4 is 39.1 Å². The second-order valence-electron chi connectivity index (χ2n) is 4.61. The minimum atomic E-state index is 0.00349. The summed E-state index contributed by atoms with van der Waals surface area (Å²) < 4.78 is 0.855. The molecule has 0 saturated heterocycles. The van der Waals surface area contributed by atoms with Gasteiger partial charge in [0.1, 0.15) is 0 Å². The van der Waals surface area contributed by atoms with Gasteiger partial charge in [-0.25, -0.2) is 0 Å². The number of aryl methyl sites for hydroxylation is 1. The second kappa shape index (κ2) is 6.04. The summed E-state index contributed by atoms with van der Waals surface area (Å²) in [5.74, 6) is 0.00349. The van der Waals surface area contributed by atoms with Crippen LogP contribution in [-0.2, 0) is 4.79 Å². The fourth-order valence-electron chi connectivity index (χ4n) is 1.63. The molecule has 5 heteroatoms. The zero-order chi connectivity index (χ0) is 13.1. The van der Waals surface area contributed by atoms with Gasteiger partial charge in [-0.2, -0.15) is 0 Å². The number of nitrogens with one attached hydrogen (secondary N) is 2. The van der Waals surface area contributed by atoms with Gasteiger partial charge in [0.15, 0.2) is 0 Å². The molecular weight excluding hydrogens is 316 g/mol. The first kappa shape index (κ1) is 13.8. The van der Waals surface area contributed by atoms with Gasteiger partial charge < -0.3 is 10.6 Å². The predicted octanol–water partition coefficient (Wildman–Crippen LogP) is 3.49. The number of hydrogen-bond acceptors (Lipinski definition) is 2. The summed E-state index contributed by atoms with van der Waals surface area (Å²) in [5, 5.41) is 6.83. The Morgan fingerprint density at radius 1 is 1.50 bits per heavy atom. The highest BCUT2D eigenvalue weighted by Gasteiger charge is 2.20. The van der Waals surface area contributed by atoms with Crippen molar-refractivity contribution in [1.82, 2.24) is 5.32 Å². The van der Waals surface area contributed by atoms with E-state index in [1.807, 2.05) is 13.0 Å². The summed E-state index contributed by atoms with van der Waals surface area (Å²) in [6.45, 7) is 2.66. The van der Waals surface area contributed by atoms with E-state index in [0.717, 1.165) is 22.3 Å². The molecule has 0 aromatic heterocycles. The third-order valence-electron chi connectivity index (χ3n) is 2.88.